The second kappa shape index (κ2) is 6.46. The summed E-state index contributed by atoms with van der Waals surface area (Å²) in [5, 5.41) is 2.52. The summed E-state index contributed by atoms with van der Waals surface area (Å²) < 4.78 is 26.4. The van der Waals surface area contributed by atoms with Gasteiger partial charge >= 0.3 is 0 Å². The van der Waals surface area contributed by atoms with E-state index in [-0.39, 0.29) is 12.1 Å². The van der Waals surface area contributed by atoms with E-state index in [0.717, 1.165) is 17.8 Å². The van der Waals surface area contributed by atoms with Gasteiger partial charge in [-0.25, -0.2) is 18.7 Å². The van der Waals surface area contributed by atoms with Gasteiger partial charge in [0.1, 0.15) is 23.3 Å². The van der Waals surface area contributed by atoms with Gasteiger partial charge in [0, 0.05) is 31.9 Å². The van der Waals surface area contributed by atoms with E-state index in [1.54, 1.807) is 0 Å². The van der Waals surface area contributed by atoms with Crippen LogP contribution in [-0.4, -0.2) is 30.0 Å². The molecule has 22 heavy (non-hydrogen) atoms. The minimum Gasteiger partial charge on any atom is -0.363 e. The maximum Gasteiger partial charge on any atom is 0.254 e. The quantitative estimate of drug-likeness (QED) is 0.939. The van der Waals surface area contributed by atoms with Gasteiger partial charge in [-0.2, -0.15) is 0 Å². The number of benzene rings is 1. The molecule has 0 spiro atoms. The van der Waals surface area contributed by atoms with Crippen molar-refractivity contribution in [2.45, 2.75) is 13.5 Å². The second-order valence-electron chi connectivity index (χ2n) is 4.99. The molecule has 2 aromatic rings. The van der Waals surface area contributed by atoms with Crippen LogP contribution in [0.15, 0.2) is 24.3 Å². The highest BCUT2D eigenvalue weighted by atomic mass is 19.1. The largest absolute Gasteiger partial charge is 0.363 e. The summed E-state index contributed by atoms with van der Waals surface area (Å²) >= 11 is 0. The van der Waals surface area contributed by atoms with Gasteiger partial charge in [-0.15, -0.1) is 0 Å². The zero-order chi connectivity index (χ0) is 16.3. The third-order valence-electron chi connectivity index (χ3n) is 2.93. The van der Waals surface area contributed by atoms with Gasteiger partial charge in [-0.3, -0.25) is 4.79 Å². The summed E-state index contributed by atoms with van der Waals surface area (Å²) in [5.41, 5.74) is 0.540. The monoisotopic (exact) mass is 306 g/mol. The minimum atomic E-state index is -0.906. The first-order valence-corrected chi connectivity index (χ1v) is 6.62. The number of nitrogens with one attached hydrogen (secondary N) is 1. The molecule has 0 aliphatic rings. The summed E-state index contributed by atoms with van der Waals surface area (Å²) in [7, 11) is 3.69. The summed E-state index contributed by atoms with van der Waals surface area (Å²) in [6.45, 7) is 1.87. The fourth-order valence-electron chi connectivity index (χ4n) is 1.85. The Bertz CT molecular complexity index is 704. The predicted octanol–water partition coefficient (Wildman–Crippen LogP) is 2.06. The number of carbonyl (C=O) groups excluding carboxylic acids is 1. The third-order valence-corrected chi connectivity index (χ3v) is 2.93. The van der Waals surface area contributed by atoms with E-state index in [9.17, 15) is 13.6 Å². The molecular weight excluding hydrogens is 290 g/mol. The Hall–Kier alpha value is -2.57. The average Bonchev–Trinajstić information content (AvgIpc) is 2.44. The maximum atomic E-state index is 13.5. The number of anilines is 1. The number of hydrogen-bond donors (Lipinski definition) is 1. The Morgan fingerprint density at radius 2 is 1.95 bits per heavy atom. The number of carbonyl (C=O) groups is 1. The highest BCUT2D eigenvalue weighted by Crippen LogP contribution is 2.11. The van der Waals surface area contributed by atoms with Crippen LogP contribution in [0.4, 0.5) is 14.6 Å². The van der Waals surface area contributed by atoms with Gasteiger partial charge in [0.15, 0.2) is 0 Å². The molecule has 0 radical (unpaired) electrons. The Morgan fingerprint density at radius 3 is 2.59 bits per heavy atom. The van der Waals surface area contributed by atoms with Crippen molar-refractivity contribution in [3.8, 4) is 0 Å². The van der Waals surface area contributed by atoms with Crippen molar-refractivity contribution in [1.82, 2.24) is 15.3 Å². The topological polar surface area (TPSA) is 58.1 Å². The fraction of sp³-hybridized carbons (Fsp3) is 0.267. The summed E-state index contributed by atoms with van der Waals surface area (Å²) in [6, 6.07) is 4.61. The molecule has 1 aromatic heterocycles. The van der Waals surface area contributed by atoms with Gasteiger partial charge in [-0.1, -0.05) is 0 Å². The number of aryl methyl sites for hydroxylation is 1. The molecule has 1 aromatic carbocycles. The molecule has 1 amide bonds. The molecule has 2 rings (SSSR count). The molecule has 1 heterocycles. The number of aromatic nitrogens is 2. The van der Waals surface area contributed by atoms with Crippen molar-refractivity contribution >= 4 is 11.7 Å². The molecular formula is C15H16F2N4O. The lowest BCUT2D eigenvalue weighted by Gasteiger charge is -2.13. The third kappa shape index (κ3) is 3.75. The van der Waals surface area contributed by atoms with Crippen LogP contribution >= 0.6 is 0 Å². The summed E-state index contributed by atoms with van der Waals surface area (Å²) in [6.07, 6.45) is 0. The van der Waals surface area contributed by atoms with E-state index in [4.69, 9.17) is 0 Å². The molecule has 0 fully saturated rings. The number of hydrogen-bond acceptors (Lipinski definition) is 4. The van der Waals surface area contributed by atoms with Gasteiger partial charge in [0.25, 0.3) is 5.91 Å². The number of nitrogens with zero attached hydrogens (tertiary/aromatic N) is 3. The number of halogens is 2. The van der Waals surface area contributed by atoms with E-state index >= 15 is 0 Å². The smallest absolute Gasteiger partial charge is 0.254 e. The van der Waals surface area contributed by atoms with Crippen molar-refractivity contribution in [3.63, 3.8) is 0 Å². The first-order chi connectivity index (χ1) is 10.4. The number of rotatable bonds is 4. The molecule has 0 unspecified atom stereocenters. The van der Waals surface area contributed by atoms with Crippen LogP contribution in [0.1, 0.15) is 21.9 Å². The first kappa shape index (κ1) is 15.8. The van der Waals surface area contributed by atoms with Crippen LogP contribution in [0.25, 0.3) is 0 Å². The predicted molar refractivity (Wildman–Crippen MR) is 78.6 cm³/mol. The van der Waals surface area contributed by atoms with Crippen LogP contribution in [0.5, 0.6) is 0 Å². The maximum absolute atomic E-state index is 13.5. The van der Waals surface area contributed by atoms with E-state index in [1.165, 1.54) is 0 Å². The normalized spacial score (nSPS) is 10.4. The lowest BCUT2D eigenvalue weighted by Crippen LogP contribution is -2.25. The van der Waals surface area contributed by atoms with Crippen molar-refractivity contribution < 1.29 is 13.6 Å². The average molecular weight is 306 g/mol. The first-order valence-electron chi connectivity index (χ1n) is 6.62. The molecule has 0 aliphatic carbocycles. The van der Waals surface area contributed by atoms with Crippen LogP contribution in [0.2, 0.25) is 0 Å². The van der Waals surface area contributed by atoms with Gasteiger partial charge in [-0.05, 0) is 19.1 Å². The highest BCUT2D eigenvalue weighted by Gasteiger charge is 2.13. The molecule has 1 N–H and O–H groups in total. The summed E-state index contributed by atoms with van der Waals surface area (Å²) in [5.74, 6) is -1.15. The van der Waals surface area contributed by atoms with Crippen molar-refractivity contribution in [1.29, 1.82) is 0 Å². The highest BCUT2D eigenvalue weighted by molar-refractivity contribution is 5.94. The molecule has 0 saturated heterocycles. The Labute approximate surface area is 127 Å². The van der Waals surface area contributed by atoms with Crippen LogP contribution in [-0.2, 0) is 6.54 Å². The second-order valence-corrected chi connectivity index (χ2v) is 4.99. The zero-order valence-electron chi connectivity index (χ0n) is 12.5. The fourth-order valence-corrected chi connectivity index (χ4v) is 1.85. The van der Waals surface area contributed by atoms with Gasteiger partial charge < -0.3 is 10.2 Å². The van der Waals surface area contributed by atoms with Crippen LogP contribution in [0, 0.1) is 18.6 Å². The standard InChI is InChI=1S/C15H16F2N4O/c1-9-6-14(21(2)3)20-13(19-9)8-18-15(22)11-5-4-10(16)7-12(11)17/h4-7H,8H2,1-3H3,(H,18,22). The molecule has 7 heteroatoms. The SMILES string of the molecule is Cc1cc(N(C)C)nc(CNC(=O)c2ccc(F)cc2F)n1. The minimum absolute atomic E-state index is 0.0537. The molecule has 5 nitrogen and oxygen atoms in total. The van der Waals surface area contributed by atoms with E-state index in [2.05, 4.69) is 15.3 Å². The Balaban J connectivity index is 2.11. The molecule has 0 aliphatic heterocycles. The molecule has 0 saturated carbocycles. The van der Waals surface area contributed by atoms with Crippen LogP contribution in [0.3, 0.4) is 0 Å². The van der Waals surface area contributed by atoms with Crippen molar-refractivity contribution in [3.05, 3.63) is 53.0 Å². The summed E-state index contributed by atoms with van der Waals surface area (Å²) in [4.78, 5) is 22.2. The van der Waals surface area contributed by atoms with E-state index < -0.39 is 17.5 Å². The van der Waals surface area contributed by atoms with Crippen molar-refractivity contribution in [2.75, 3.05) is 19.0 Å². The van der Waals surface area contributed by atoms with Gasteiger partial charge in [0.05, 0.1) is 12.1 Å². The lowest BCUT2D eigenvalue weighted by molar-refractivity contribution is 0.0945. The lowest BCUT2D eigenvalue weighted by atomic mass is 10.2. The molecule has 0 bridgehead atoms. The van der Waals surface area contributed by atoms with Crippen LogP contribution < -0.4 is 10.2 Å². The zero-order valence-corrected chi connectivity index (χ0v) is 12.5. The molecule has 0 atom stereocenters. The number of amides is 1. The van der Waals surface area contributed by atoms with E-state index in [0.29, 0.717) is 17.7 Å². The Kier molecular flexibility index (Phi) is 4.65. The van der Waals surface area contributed by atoms with Gasteiger partial charge in [0.2, 0.25) is 0 Å². The molecule has 116 valence electrons. The van der Waals surface area contributed by atoms with Crippen molar-refractivity contribution in [2.24, 2.45) is 0 Å². The van der Waals surface area contributed by atoms with E-state index in [1.807, 2.05) is 32.0 Å². The Morgan fingerprint density at radius 1 is 1.23 bits per heavy atom.